The summed E-state index contributed by atoms with van der Waals surface area (Å²) in [5.74, 6) is 0. The highest BCUT2D eigenvalue weighted by atomic mass is 15.3. The van der Waals surface area contributed by atoms with Crippen molar-refractivity contribution >= 4 is 10.9 Å². The second-order valence-corrected chi connectivity index (χ2v) is 6.59. The average Bonchev–Trinajstić information content (AvgIpc) is 2.62. The van der Waals surface area contributed by atoms with E-state index >= 15 is 0 Å². The van der Waals surface area contributed by atoms with Crippen LogP contribution in [0.3, 0.4) is 0 Å². The molecule has 1 heterocycles. The van der Waals surface area contributed by atoms with Gasteiger partial charge in [-0.25, -0.2) is 0 Å². The first kappa shape index (κ1) is 14.1. The van der Waals surface area contributed by atoms with Crippen molar-refractivity contribution in [3.63, 3.8) is 0 Å². The van der Waals surface area contributed by atoms with Gasteiger partial charge in [0.2, 0.25) is 0 Å². The van der Waals surface area contributed by atoms with Crippen LogP contribution in [-0.2, 0) is 12.0 Å². The molecule has 0 N–H and O–H groups in total. The third kappa shape index (κ3) is 2.98. The van der Waals surface area contributed by atoms with Crippen LogP contribution in [-0.4, -0.2) is 35.3 Å². The normalized spacial score (nSPS) is 12.6. The zero-order chi connectivity index (χ0) is 14.2. The molecule has 2 rings (SSSR count). The van der Waals surface area contributed by atoms with E-state index in [1.807, 2.05) is 0 Å². The van der Waals surface area contributed by atoms with Crippen molar-refractivity contribution in [1.29, 1.82) is 0 Å². The highest BCUT2D eigenvalue weighted by Crippen LogP contribution is 2.27. The SMILES string of the molecule is Cc1nn(CCN(C)C)c2cc(C(C)(C)C)ccc12. The molecule has 0 atom stereocenters. The number of rotatable bonds is 3. The molecule has 2 aromatic rings. The highest BCUT2D eigenvalue weighted by molar-refractivity contribution is 5.82. The molecule has 0 saturated heterocycles. The Morgan fingerprint density at radius 2 is 1.89 bits per heavy atom. The lowest BCUT2D eigenvalue weighted by atomic mass is 9.86. The monoisotopic (exact) mass is 259 g/mol. The van der Waals surface area contributed by atoms with Crippen LogP contribution in [0.1, 0.15) is 32.0 Å². The minimum absolute atomic E-state index is 0.179. The van der Waals surface area contributed by atoms with Crippen molar-refractivity contribution in [3.8, 4) is 0 Å². The third-order valence-electron chi connectivity index (χ3n) is 3.56. The maximum absolute atomic E-state index is 4.67. The molecular weight excluding hydrogens is 234 g/mol. The van der Waals surface area contributed by atoms with Crippen molar-refractivity contribution in [1.82, 2.24) is 14.7 Å². The molecular formula is C16H25N3. The first-order valence-electron chi connectivity index (χ1n) is 6.91. The minimum Gasteiger partial charge on any atom is -0.308 e. The van der Waals surface area contributed by atoms with Gasteiger partial charge in [-0.1, -0.05) is 32.9 Å². The van der Waals surface area contributed by atoms with Gasteiger partial charge < -0.3 is 4.90 Å². The number of fused-ring (bicyclic) bond motifs is 1. The zero-order valence-electron chi connectivity index (χ0n) is 13.0. The zero-order valence-corrected chi connectivity index (χ0v) is 13.0. The van der Waals surface area contributed by atoms with Crippen molar-refractivity contribution in [2.45, 2.75) is 39.7 Å². The Morgan fingerprint density at radius 3 is 2.47 bits per heavy atom. The topological polar surface area (TPSA) is 21.1 Å². The maximum Gasteiger partial charge on any atom is 0.0688 e. The molecule has 3 nitrogen and oxygen atoms in total. The highest BCUT2D eigenvalue weighted by Gasteiger charge is 2.16. The molecule has 0 aliphatic heterocycles. The van der Waals surface area contributed by atoms with Gasteiger partial charge in [-0.05, 0) is 38.1 Å². The van der Waals surface area contributed by atoms with Crippen LogP contribution in [0.25, 0.3) is 10.9 Å². The quantitative estimate of drug-likeness (QED) is 0.844. The van der Waals surface area contributed by atoms with Gasteiger partial charge in [0, 0.05) is 11.9 Å². The van der Waals surface area contributed by atoms with Gasteiger partial charge in [0.1, 0.15) is 0 Å². The minimum atomic E-state index is 0.179. The molecule has 0 spiro atoms. The van der Waals surface area contributed by atoms with E-state index in [0.717, 1.165) is 18.8 Å². The average molecular weight is 259 g/mol. The number of hydrogen-bond donors (Lipinski definition) is 0. The second-order valence-electron chi connectivity index (χ2n) is 6.59. The predicted molar refractivity (Wildman–Crippen MR) is 81.7 cm³/mol. The number of nitrogens with zero attached hydrogens (tertiary/aromatic N) is 3. The summed E-state index contributed by atoms with van der Waals surface area (Å²) in [6.07, 6.45) is 0. The fraction of sp³-hybridized carbons (Fsp3) is 0.562. The number of aryl methyl sites for hydroxylation is 1. The standard InChI is InChI=1S/C16H25N3/c1-12-14-8-7-13(16(2,3)4)11-15(14)19(17-12)10-9-18(5)6/h7-8,11H,9-10H2,1-6H3. The molecule has 1 aromatic carbocycles. The van der Waals surface area contributed by atoms with Crippen LogP contribution in [0, 0.1) is 6.92 Å². The summed E-state index contributed by atoms with van der Waals surface area (Å²) in [6, 6.07) is 6.74. The largest absolute Gasteiger partial charge is 0.308 e. The molecule has 0 aliphatic carbocycles. The lowest BCUT2D eigenvalue weighted by molar-refractivity contribution is 0.376. The van der Waals surface area contributed by atoms with Gasteiger partial charge in [0.05, 0.1) is 17.8 Å². The smallest absolute Gasteiger partial charge is 0.0688 e. The lowest BCUT2D eigenvalue weighted by Crippen LogP contribution is -2.19. The summed E-state index contributed by atoms with van der Waals surface area (Å²) in [7, 11) is 4.19. The van der Waals surface area contributed by atoms with Crippen molar-refractivity contribution in [2.24, 2.45) is 0 Å². The molecule has 104 valence electrons. The first-order valence-corrected chi connectivity index (χ1v) is 6.91. The van der Waals surface area contributed by atoms with E-state index in [1.165, 1.54) is 16.5 Å². The fourth-order valence-electron chi connectivity index (χ4n) is 2.27. The van der Waals surface area contributed by atoms with Gasteiger partial charge in [-0.3, -0.25) is 4.68 Å². The van der Waals surface area contributed by atoms with Gasteiger partial charge in [-0.15, -0.1) is 0 Å². The van der Waals surface area contributed by atoms with Crippen molar-refractivity contribution < 1.29 is 0 Å². The van der Waals surface area contributed by atoms with Gasteiger partial charge in [0.15, 0.2) is 0 Å². The number of aromatic nitrogens is 2. The predicted octanol–water partition coefficient (Wildman–Crippen LogP) is 3.20. The molecule has 0 amide bonds. The molecule has 0 saturated carbocycles. The Bertz CT molecular complexity index is 573. The van der Waals surface area contributed by atoms with E-state index in [4.69, 9.17) is 0 Å². The molecule has 3 heteroatoms. The van der Waals surface area contributed by atoms with Crippen LogP contribution in [0.15, 0.2) is 18.2 Å². The van der Waals surface area contributed by atoms with Crippen LogP contribution in [0.4, 0.5) is 0 Å². The molecule has 19 heavy (non-hydrogen) atoms. The van der Waals surface area contributed by atoms with E-state index < -0.39 is 0 Å². The van der Waals surface area contributed by atoms with E-state index in [0.29, 0.717) is 0 Å². The summed E-state index contributed by atoms with van der Waals surface area (Å²) in [5, 5.41) is 5.95. The Morgan fingerprint density at radius 1 is 1.21 bits per heavy atom. The maximum atomic E-state index is 4.67. The lowest BCUT2D eigenvalue weighted by Gasteiger charge is -2.19. The van der Waals surface area contributed by atoms with E-state index in [9.17, 15) is 0 Å². The van der Waals surface area contributed by atoms with E-state index in [2.05, 4.69) is 74.7 Å². The summed E-state index contributed by atoms with van der Waals surface area (Å²) in [6.45, 7) is 10.8. The van der Waals surface area contributed by atoms with Crippen LogP contribution >= 0.6 is 0 Å². The summed E-state index contributed by atoms with van der Waals surface area (Å²) >= 11 is 0. The molecule has 0 fully saturated rings. The van der Waals surface area contributed by atoms with Crippen LogP contribution in [0.5, 0.6) is 0 Å². The summed E-state index contributed by atoms with van der Waals surface area (Å²) < 4.78 is 2.14. The summed E-state index contributed by atoms with van der Waals surface area (Å²) in [4.78, 5) is 2.19. The third-order valence-corrected chi connectivity index (χ3v) is 3.56. The molecule has 0 radical (unpaired) electrons. The van der Waals surface area contributed by atoms with Crippen LogP contribution in [0.2, 0.25) is 0 Å². The number of likely N-dealkylation sites (N-methyl/N-ethyl adjacent to an activating group) is 1. The Hall–Kier alpha value is -1.35. The second kappa shape index (κ2) is 4.97. The summed E-state index contributed by atoms with van der Waals surface area (Å²) in [5.41, 5.74) is 3.92. The van der Waals surface area contributed by atoms with Gasteiger partial charge >= 0.3 is 0 Å². The van der Waals surface area contributed by atoms with Gasteiger partial charge in [0.25, 0.3) is 0 Å². The number of benzene rings is 1. The number of hydrogen-bond acceptors (Lipinski definition) is 2. The first-order chi connectivity index (χ1) is 8.79. The van der Waals surface area contributed by atoms with Crippen LogP contribution < -0.4 is 0 Å². The van der Waals surface area contributed by atoms with Gasteiger partial charge in [-0.2, -0.15) is 5.10 Å². The Labute approximate surface area is 116 Å². The molecule has 0 unspecified atom stereocenters. The molecule has 0 bridgehead atoms. The van der Waals surface area contributed by atoms with E-state index in [1.54, 1.807) is 0 Å². The molecule has 1 aromatic heterocycles. The fourth-order valence-corrected chi connectivity index (χ4v) is 2.27. The Kier molecular flexibility index (Phi) is 3.68. The van der Waals surface area contributed by atoms with E-state index in [-0.39, 0.29) is 5.41 Å². The van der Waals surface area contributed by atoms with Crippen molar-refractivity contribution in [2.75, 3.05) is 20.6 Å². The Balaban J connectivity index is 2.46. The molecule has 0 aliphatic rings. The van der Waals surface area contributed by atoms with Crippen molar-refractivity contribution in [3.05, 3.63) is 29.5 Å².